The zero-order valence-corrected chi connectivity index (χ0v) is 8.88. The van der Waals surface area contributed by atoms with Gasteiger partial charge >= 0.3 is 0 Å². The number of anilines is 1. The minimum atomic E-state index is -0.480. The van der Waals surface area contributed by atoms with Crippen molar-refractivity contribution in [2.75, 3.05) is 5.73 Å². The summed E-state index contributed by atoms with van der Waals surface area (Å²) in [4.78, 5) is 10.1. The third kappa shape index (κ3) is 1.65. The molecular formula is C8H9BrN2O2. The fraction of sp³-hybridized carbons (Fsp3) is 0.250. The van der Waals surface area contributed by atoms with Crippen LogP contribution >= 0.6 is 15.9 Å². The molecule has 0 aromatic heterocycles. The van der Waals surface area contributed by atoms with Crippen molar-refractivity contribution in [3.8, 4) is 0 Å². The van der Waals surface area contributed by atoms with E-state index in [0.717, 1.165) is 11.1 Å². The van der Waals surface area contributed by atoms with Gasteiger partial charge < -0.3 is 5.73 Å². The summed E-state index contributed by atoms with van der Waals surface area (Å²) in [6.07, 6.45) is 0. The van der Waals surface area contributed by atoms with Crippen LogP contribution in [0, 0.1) is 24.0 Å². The highest BCUT2D eigenvalue weighted by molar-refractivity contribution is 9.10. The standard InChI is InChI=1S/C8H9BrN2O2/c1-4-5(2)8(10)7(11(12)13)3-6(4)9/h3H,10H2,1-2H3. The SMILES string of the molecule is Cc1c(Br)cc([N+](=O)[O-])c(N)c1C. The van der Waals surface area contributed by atoms with Gasteiger partial charge in [0.1, 0.15) is 5.69 Å². The van der Waals surface area contributed by atoms with Crippen LogP contribution in [0.25, 0.3) is 0 Å². The van der Waals surface area contributed by atoms with E-state index in [9.17, 15) is 10.1 Å². The molecule has 1 rings (SSSR count). The summed E-state index contributed by atoms with van der Waals surface area (Å²) in [5.41, 5.74) is 7.47. The summed E-state index contributed by atoms with van der Waals surface area (Å²) in [7, 11) is 0. The van der Waals surface area contributed by atoms with Crippen LogP contribution in [0.5, 0.6) is 0 Å². The summed E-state index contributed by atoms with van der Waals surface area (Å²) in [5, 5.41) is 10.5. The van der Waals surface area contributed by atoms with E-state index in [1.54, 1.807) is 6.92 Å². The van der Waals surface area contributed by atoms with Gasteiger partial charge in [-0.2, -0.15) is 0 Å². The van der Waals surface area contributed by atoms with Gasteiger partial charge in [0, 0.05) is 10.5 Å². The van der Waals surface area contributed by atoms with Crippen molar-refractivity contribution in [1.29, 1.82) is 0 Å². The highest BCUT2D eigenvalue weighted by Gasteiger charge is 2.16. The van der Waals surface area contributed by atoms with Crippen LogP contribution in [-0.2, 0) is 0 Å². The van der Waals surface area contributed by atoms with E-state index in [-0.39, 0.29) is 11.4 Å². The van der Waals surface area contributed by atoms with Crippen LogP contribution in [0.4, 0.5) is 11.4 Å². The average Bonchev–Trinajstić information content (AvgIpc) is 2.07. The van der Waals surface area contributed by atoms with Crippen molar-refractivity contribution in [3.63, 3.8) is 0 Å². The monoisotopic (exact) mass is 244 g/mol. The lowest BCUT2D eigenvalue weighted by Crippen LogP contribution is -2.00. The molecule has 1 aromatic rings. The Hall–Kier alpha value is -1.10. The minimum absolute atomic E-state index is 0.0463. The Morgan fingerprint density at radius 2 is 2.00 bits per heavy atom. The second-order valence-corrected chi connectivity index (χ2v) is 3.65. The molecule has 0 bridgehead atoms. The number of hydrogen-bond acceptors (Lipinski definition) is 3. The molecule has 0 aliphatic rings. The van der Waals surface area contributed by atoms with E-state index in [1.807, 2.05) is 6.92 Å². The van der Waals surface area contributed by atoms with Gasteiger partial charge in [0.2, 0.25) is 0 Å². The molecule has 0 amide bonds. The molecule has 0 fully saturated rings. The highest BCUT2D eigenvalue weighted by Crippen LogP contribution is 2.32. The molecule has 2 N–H and O–H groups in total. The maximum Gasteiger partial charge on any atom is 0.293 e. The summed E-state index contributed by atoms with van der Waals surface area (Å²) in [5.74, 6) is 0. The number of halogens is 1. The number of nitrogens with two attached hydrogens (primary N) is 1. The molecule has 4 nitrogen and oxygen atoms in total. The van der Waals surface area contributed by atoms with E-state index in [1.165, 1.54) is 6.07 Å². The lowest BCUT2D eigenvalue weighted by atomic mass is 10.1. The van der Waals surface area contributed by atoms with Gasteiger partial charge in [-0.15, -0.1) is 0 Å². The van der Waals surface area contributed by atoms with Crippen molar-refractivity contribution in [1.82, 2.24) is 0 Å². The van der Waals surface area contributed by atoms with Crippen LogP contribution in [0.1, 0.15) is 11.1 Å². The second kappa shape index (κ2) is 3.33. The van der Waals surface area contributed by atoms with Crippen molar-refractivity contribution in [2.24, 2.45) is 0 Å². The molecule has 0 unspecified atom stereocenters. The number of nitro benzene ring substituents is 1. The first kappa shape index (κ1) is 9.98. The first-order chi connectivity index (χ1) is 5.95. The van der Waals surface area contributed by atoms with Gasteiger partial charge in [-0.1, -0.05) is 15.9 Å². The minimum Gasteiger partial charge on any atom is -0.393 e. The van der Waals surface area contributed by atoms with E-state index in [2.05, 4.69) is 15.9 Å². The lowest BCUT2D eigenvalue weighted by molar-refractivity contribution is -0.384. The number of nitrogen functional groups attached to an aromatic ring is 1. The lowest BCUT2D eigenvalue weighted by Gasteiger charge is -2.06. The predicted octanol–water partition coefficient (Wildman–Crippen LogP) is 2.56. The van der Waals surface area contributed by atoms with Gasteiger partial charge in [0.05, 0.1) is 4.92 Å². The van der Waals surface area contributed by atoms with Crippen molar-refractivity contribution in [3.05, 3.63) is 31.8 Å². The fourth-order valence-electron chi connectivity index (χ4n) is 1.03. The third-order valence-electron chi connectivity index (χ3n) is 2.06. The Kier molecular flexibility index (Phi) is 2.56. The molecular weight excluding hydrogens is 236 g/mol. The maximum absolute atomic E-state index is 10.5. The van der Waals surface area contributed by atoms with Crippen LogP contribution < -0.4 is 5.73 Å². The fourth-order valence-corrected chi connectivity index (χ4v) is 1.54. The topological polar surface area (TPSA) is 69.2 Å². The molecule has 70 valence electrons. The van der Waals surface area contributed by atoms with Crippen LogP contribution in [-0.4, -0.2) is 4.92 Å². The summed E-state index contributed by atoms with van der Waals surface area (Å²) in [6, 6.07) is 1.43. The number of hydrogen-bond donors (Lipinski definition) is 1. The molecule has 1 aromatic carbocycles. The Labute approximate surface area is 84.0 Å². The van der Waals surface area contributed by atoms with Crippen LogP contribution in [0.2, 0.25) is 0 Å². The van der Waals surface area contributed by atoms with Gasteiger partial charge in [-0.05, 0) is 25.0 Å². The molecule has 0 saturated heterocycles. The van der Waals surface area contributed by atoms with E-state index < -0.39 is 4.92 Å². The molecule has 0 aliphatic carbocycles. The summed E-state index contributed by atoms with van der Waals surface area (Å²) < 4.78 is 0.714. The molecule has 0 spiro atoms. The van der Waals surface area contributed by atoms with Crippen molar-refractivity contribution in [2.45, 2.75) is 13.8 Å². The average molecular weight is 245 g/mol. The van der Waals surface area contributed by atoms with Gasteiger partial charge in [0.15, 0.2) is 0 Å². The smallest absolute Gasteiger partial charge is 0.293 e. The number of nitro groups is 1. The number of nitrogens with zero attached hydrogens (tertiary/aromatic N) is 1. The molecule has 0 atom stereocenters. The Morgan fingerprint density at radius 3 is 2.46 bits per heavy atom. The van der Waals surface area contributed by atoms with Crippen LogP contribution in [0.15, 0.2) is 10.5 Å². The maximum atomic E-state index is 10.5. The highest BCUT2D eigenvalue weighted by atomic mass is 79.9. The molecule has 0 saturated carbocycles. The largest absolute Gasteiger partial charge is 0.393 e. The Bertz CT molecular complexity index is 377. The van der Waals surface area contributed by atoms with E-state index >= 15 is 0 Å². The number of rotatable bonds is 1. The van der Waals surface area contributed by atoms with Gasteiger partial charge in [-0.25, -0.2) is 0 Å². The zero-order chi connectivity index (χ0) is 10.2. The van der Waals surface area contributed by atoms with Crippen molar-refractivity contribution < 1.29 is 4.92 Å². The second-order valence-electron chi connectivity index (χ2n) is 2.80. The normalized spacial score (nSPS) is 10.1. The quantitative estimate of drug-likeness (QED) is 0.469. The summed E-state index contributed by atoms with van der Waals surface area (Å²) in [6.45, 7) is 3.63. The van der Waals surface area contributed by atoms with E-state index in [4.69, 9.17) is 5.73 Å². The number of benzene rings is 1. The first-order valence-corrected chi connectivity index (χ1v) is 4.44. The van der Waals surface area contributed by atoms with Crippen molar-refractivity contribution >= 4 is 27.3 Å². The molecule has 13 heavy (non-hydrogen) atoms. The first-order valence-electron chi connectivity index (χ1n) is 3.64. The van der Waals surface area contributed by atoms with Gasteiger partial charge in [0.25, 0.3) is 5.69 Å². The molecule has 0 radical (unpaired) electrons. The Balaban J connectivity index is 3.50. The molecule has 0 aliphatic heterocycles. The zero-order valence-electron chi connectivity index (χ0n) is 7.30. The molecule has 5 heteroatoms. The van der Waals surface area contributed by atoms with E-state index in [0.29, 0.717) is 4.47 Å². The predicted molar refractivity (Wildman–Crippen MR) is 54.7 cm³/mol. The van der Waals surface area contributed by atoms with Gasteiger partial charge in [-0.3, -0.25) is 10.1 Å². The molecule has 0 heterocycles. The Morgan fingerprint density at radius 1 is 1.46 bits per heavy atom. The summed E-state index contributed by atoms with van der Waals surface area (Å²) >= 11 is 3.24. The third-order valence-corrected chi connectivity index (χ3v) is 2.88. The van der Waals surface area contributed by atoms with Crippen LogP contribution in [0.3, 0.4) is 0 Å².